The molecule has 1 aromatic rings. The van der Waals surface area contributed by atoms with E-state index < -0.39 is 0 Å². The Morgan fingerprint density at radius 1 is 1.24 bits per heavy atom. The second-order valence-corrected chi connectivity index (χ2v) is 7.90. The highest BCUT2D eigenvalue weighted by atomic mass is 16.4. The van der Waals surface area contributed by atoms with Gasteiger partial charge in [-0.25, -0.2) is 0 Å². The van der Waals surface area contributed by atoms with Crippen molar-refractivity contribution in [2.24, 2.45) is 5.41 Å². The van der Waals surface area contributed by atoms with E-state index in [1.807, 2.05) is 0 Å². The van der Waals surface area contributed by atoms with Crippen LogP contribution in [0.4, 0.5) is 6.01 Å². The summed E-state index contributed by atoms with van der Waals surface area (Å²) in [6.45, 7) is 15.9. The molecule has 0 fully saturated rings. The zero-order valence-electron chi connectivity index (χ0n) is 14.3. The molecule has 0 aliphatic carbocycles. The SMILES string of the molecule is CC(C)(C)NCc1coc(N2CC=C(C(C)(C)C)CC2)n1. The summed E-state index contributed by atoms with van der Waals surface area (Å²) in [6, 6.07) is 0.741. The molecule has 118 valence electrons. The third-order valence-electron chi connectivity index (χ3n) is 3.78. The molecule has 0 saturated heterocycles. The summed E-state index contributed by atoms with van der Waals surface area (Å²) in [5.74, 6) is 0. The van der Waals surface area contributed by atoms with E-state index in [-0.39, 0.29) is 11.0 Å². The average molecular weight is 291 g/mol. The van der Waals surface area contributed by atoms with Crippen molar-refractivity contribution in [3.8, 4) is 0 Å². The molecule has 0 amide bonds. The highest BCUT2D eigenvalue weighted by molar-refractivity contribution is 5.33. The van der Waals surface area contributed by atoms with E-state index in [4.69, 9.17) is 4.42 Å². The monoisotopic (exact) mass is 291 g/mol. The molecule has 21 heavy (non-hydrogen) atoms. The van der Waals surface area contributed by atoms with Crippen LogP contribution >= 0.6 is 0 Å². The van der Waals surface area contributed by atoms with Gasteiger partial charge in [0.25, 0.3) is 6.01 Å². The lowest BCUT2D eigenvalue weighted by Crippen LogP contribution is -2.35. The van der Waals surface area contributed by atoms with Gasteiger partial charge in [0, 0.05) is 25.2 Å². The van der Waals surface area contributed by atoms with Crippen molar-refractivity contribution in [1.82, 2.24) is 10.3 Å². The molecule has 4 nitrogen and oxygen atoms in total. The van der Waals surface area contributed by atoms with Gasteiger partial charge in [0.1, 0.15) is 6.26 Å². The Kier molecular flexibility index (Phi) is 4.47. The van der Waals surface area contributed by atoms with Crippen molar-refractivity contribution in [2.75, 3.05) is 18.0 Å². The number of nitrogens with zero attached hydrogens (tertiary/aromatic N) is 2. The second kappa shape index (κ2) is 5.84. The van der Waals surface area contributed by atoms with Crippen molar-refractivity contribution in [1.29, 1.82) is 0 Å². The van der Waals surface area contributed by atoms with Gasteiger partial charge in [0.15, 0.2) is 0 Å². The zero-order valence-corrected chi connectivity index (χ0v) is 14.3. The highest BCUT2D eigenvalue weighted by Crippen LogP contribution is 2.31. The predicted molar refractivity (Wildman–Crippen MR) is 87.5 cm³/mol. The molecule has 1 aliphatic rings. The largest absolute Gasteiger partial charge is 0.432 e. The van der Waals surface area contributed by atoms with Gasteiger partial charge in [0.2, 0.25) is 0 Å². The Morgan fingerprint density at radius 2 is 1.95 bits per heavy atom. The van der Waals surface area contributed by atoms with Gasteiger partial charge >= 0.3 is 0 Å². The fraction of sp³-hybridized carbons (Fsp3) is 0.706. The van der Waals surface area contributed by atoms with Crippen LogP contribution in [0, 0.1) is 5.41 Å². The lowest BCUT2D eigenvalue weighted by molar-refractivity contribution is 0.421. The Morgan fingerprint density at radius 3 is 2.48 bits per heavy atom. The second-order valence-electron chi connectivity index (χ2n) is 7.90. The summed E-state index contributed by atoms with van der Waals surface area (Å²) >= 11 is 0. The van der Waals surface area contributed by atoms with E-state index in [1.165, 1.54) is 5.57 Å². The van der Waals surface area contributed by atoms with Crippen LogP contribution in [-0.4, -0.2) is 23.6 Å². The van der Waals surface area contributed by atoms with Crippen molar-refractivity contribution < 1.29 is 4.42 Å². The molecule has 0 unspecified atom stereocenters. The molecule has 0 bridgehead atoms. The number of hydrogen-bond acceptors (Lipinski definition) is 4. The van der Waals surface area contributed by atoms with Crippen LogP contribution in [0.3, 0.4) is 0 Å². The van der Waals surface area contributed by atoms with Crippen molar-refractivity contribution in [3.63, 3.8) is 0 Å². The summed E-state index contributed by atoms with van der Waals surface area (Å²) in [5, 5.41) is 3.43. The molecule has 0 atom stereocenters. The molecular weight excluding hydrogens is 262 g/mol. The predicted octanol–water partition coefficient (Wildman–Crippen LogP) is 3.75. The molecule has 0 saturated carbocycles. The third kappa shape index (κ3) is 4.60. The zero-order chi connectivity index (χ0) is 15.7. The number of anilines is 1. The summed E-state index contributed by atoms with van der Waals surface area (Å²) < 4.78 is 5.64. The molecule has 0 spiro atoms. The summed E-state index contributed by atoms with van der Waals surface area (Å²) in [5.41, 5.74) is 2.85. The quantitative estimate of drug-likeness (QED) is 0.861. The van der Waals surface area contributed by atoms with Crippen LogP contribution in [-0.2, 0) is 6.54 Å². The van der Waals surface area contributed by atoms with Crippen molar-refractivity contribution in [2.45, 2.75) is 60.0 Å². The van der Waals surface area contributed by atoms with Crippen LogP contribution < -0.4 is 10.2 Å². The topological polar surface area (TPSA) is 41.3 Å². The minimum Gasteiger partial charge on any atom is -0.432 e. The summed E-state index contributed by atoms with van der Waals surface area (Å²) in [6.07, 6.45) is 5.17. The number of rotatable bonds is 3. The first kappa shape index (κ1) is 16.1. The van der Waals surface area contributed by atoms with Gasteiger partial charge in [0.05, 0.1) is 5.69 Å². The van der Waals surface area contributed by atoms with E-state index in [2.05, 4.69) is 62.8 Å². The van der Waals surface area contributed by atoms with E-state index in [1.54, 1.807) is 6.26 Å². The molecule has 1 aromatic heterocycles. The molecular formula is C17H29N3O. The maximum atomic E-state index is 5.64. The molecule has 0 radical (unpaired) electrons. The van der Waals surface area contributed by atoms with E-state index in [9.17, 15) is 0 Å². The van der Waals surface area contributed by atoms with Gasteiger partial charge in [-0.15, -0.1) is 0 Å². The van der Waals surface area contributed by atoms with Crippen LogP contribution in [0.2, 0.25) is 0 Å². The van der Waals surface area contributed by atoms with Gasteiger partial charge in [-0.3, -0.25) is 0 Å². The highest BCUT2D eigenvalue weighted by Gasteiger charge is 2.23. The molecule has 2 rings (SSSR count). The molecule has 2 heterocycles. The van der Waals surface area contributed by atoms with Crippen LogP contribution in [0.1, 0.15) is 53.7 Å². The number of aromatic nitrogens is 1. The van der Waals surface area contributed by atoms with Gasteiger partial charge in [-0.05, 0) is 32.6 Å². The van der Waals surface area contributed by atoms with Crippen LogP contribution in [0.25, 0.3) is 0 Å². The smallest absolute Gasteiger partial charge is 0.297 e. The lowest BCUT2D eigenvalue weighted by atomic mass is 9.83. The number of oxazole rings is 1. The van der Waals surface area contributed by atoms with E-state index >= 15 is 0 Å². The standard InChI is InChI=1S/C17H29N3O/c1-16(2,3)13-7-9-20(10-8-13)15-19-14(12-21-15)11-18-17(4,5)6/h7,12,18H,8-11H2,1-6H3. The molecule has 1 N–H and O–H groups in total. The van der Waals surface area contributed by atoms with Crippen molar-refractivity contribution in [3.05, 3.63) is 23.6 Å². The normalized spacial score (nSPS) is 17.0. The lowest BCUT2D eigenvalue weighted by Gasteiger charge is -2.31. The minimum atomic E-state index is 0.0919. The Balaban J connectivity index is 1.96. The Bertz CT molecular complexity index is 503. The van der Waals surface area contributed by atoms with E-state index in [0.29, 0.717) is 0 Å². The first-order valence-corrected chi connectivity index (χ1v) is 7.79. The molecule has 1 aliphatic heterocycles. The van der Waals surface area contributed by atoms with Gasteiger partial charge in [-0.1, -0.05) is 32.4 Å². The first-order valence-electron chi connectivity index (χ1n) is 7.79. The molecule has 0 aromatic carbocycles. The van der Waals surface area contributed by atoms with Crippen LogP contribution in [0.5, 0.6) is 0 Å². The Labute approximate surface area is 128 Å². The maximum absolute atomic E-state index is 5.64. The van der Waals surface area contributed by atoms with Crippen molar-refractivity contribution >= 4 is 6.01 Å². The molecule has 4 heteroatoms. The number of nitrogens with one attached hydrogen (secondary N) is 1. The minimum absolute atomic E-state index is 0.0919. The Hall–Kier alpha value is -1.29. The summed E-state index contributed by atoms with van der Waals surface area (Å²) in [7, 11) is 0. The van der Waals surface area contributed by atoms with Crippen LogP contribution in [0.15, 0.2) is 22.3 Å². The van der Waals surface area contributed by atoms with E-state index in [0.717, 1.165) is 37.8 Å². The van der Waals surface area contributed by atoms with Gasteiger partial charge in [-0.2, -0.15) is 4.98 Å². The first-order chi connectivity index (χ1) is 9.65. The fourth-order valence-electron chi connectivity index (χ4n) is 2.40. The van der Waals surface area contributed by atoms with Gasteiger partial charge < -0.3 is 14.6 Å². The summed E-state index contributed by atoms with van der Waals surface area (Å²) in [4.78, 5) is 6.80. The third-order valence-corrected chi connectivity index (χ3v) is 3.78. The number of hydrogen-bond donors (Lipinski definition) is 1. The maximum Gasteiger partial charge on any atom is 0.297 e. The fourth-order valence-corrected chi connectivity index (χ4v) is 2.40. The average Bonchev–Trinajstić information content (AvgIpc) is 2.83.